The zero-order valence-corrected chi connectivity index (χ0v) is 10.1. The number of benzene rings is 1. The topological polar surface area (TPSA) is 26.0 Å². The van der Waals surface area contributed by atoms with Crippen molar-refractivity contribution in [2.24, 2.45) is 11.7 Å². The first kappa shape index (κ1) is 12.0. The second-order valence-electron chi connectivity index (χ2n) is 5.52. The molecule has 1 aromatic carbocycles. The maximum atomic E-state index is 12.8. The minimum Gasteiger partial charge on any atom is -0.330 e. The molecule has 1 spiro atoms. The van der Waals surface area contributed by atoms with Crippen molar-refractivity contribution in [3.05, 3.63) is 34.9 Å². The Morgan fingerprint density at radius 1 is 1.33 bits per heavy atom. The van der Waals surface area contributed by atoms with E-state index in [4.69, 9.17) is 5.73 Å². The first-order chi connectivity index (χ1) is 8.47. The molecule has 4 heteroatoms. The molecule has 0 saturated heterocycles. The van der Waals surface area contributed by atoms with Gasteiger partial charge in [-0.2, -0.15) is 13.2 Å². The SMILES string of the molecule is NCC1CC12CCCc1ccc(C(F)(F)F)cc12. The van der Waals surface area contributed by atoms with Crippen molar-refractivity contribution < 1.29 is 13.2 Å². The van der Waals surface area contributed by atoms with Gasteiger partial charge in [0.05, 0.1) is 5.56 Å². The molecule has 0 aromatic heterocycles. The summed E-state index contributed by atoms with van der Waals surface area (Å²) in [5.74, 6) is 0.375. The minimum absolute atomic E-state index is 0.0381. The van der Waals surface area contributed by atoms with E-state index in [1.54, 1.807) is 6.07 Å². The molecule has 1 saturated carbocycles. The van der Waals surface area contributed by atoms with E-state index in [1.807, 2.05) is 0 Å². The molecule has 2 N–H and O–H groups in total. The lowest BCUT2D eigenvalue weighted by Gasteiger charge is -2.27. The van der Waals surface area contributed by atoms with Crippen molar-refractivity contribution >= 4 is 0 Å². The Labute approximate surface area is 104 Å². The lowest BCUT2D eigenvalue weighted by Crippen LogP contribution is -2.22. The Hall–Kier alpha value is -1.03. The van der Waals surface area contributed by atoms with Crippen LogP contribution in [-0.2, 0) is 18.0 Å². The van der Waals surface area contributed by atoms with Gasteiger partial charge >= 0.3 is 6.18 Å². The van der Waals surface area contributed by atoms with Gasteiger partial charge in [-0.1, -0.05) is 6.07 Å². The number of nitrogens with two attached hydrogens (primary N) is 1. The largest absolute Gasteiger partial charge is 0.416 e. The summed E-state index contributed by atoms with van der Waals surface area (Å²) in [6.45, 7) is 0.579. The summed E-state index contributed by atoms with van der Waals surface area (Å²) in [7, 11) is 0. The molecular formula is C14H16F3N. The van der Waals surface area contributed by atoms with E-state index in [9.17, 15) is 13.2 Å². The molecule has 18 heavy (non-hydrogen) atoms. The van der Waals surface area contributed by atoms with Crippen LogP contribution < -0.4 is 5.73 Å². The average molecular weight is 255 g/mol. The van der Waals surface area contributed by atoms with Crippen LogP contribution in [0.25, 0.3) is 0 Å². The van der Waals surface area contributed by atoms with Crippen LogP contribution in [0.4, 0.5) is 13.2 Å². The fraction of sp³-hybridized carbons (Fsp3) is 0.571. The molecule has 98 valence electrons. The van der Waals surface area contributed by atoms with E-state index < -0.39 is 11.7 Å². The third kappa shape index (κ3) is 1.66. The van der Waals surface area contributed by atoms with Crippen LogP contribution in [0.5, 0.6) is 0 Å². The highest BCUT2D eigenvalue weighted by molar-refractivity contribution is 5.45. The number of fused-ring (bicyclic) bond motifs is 2. The highest BCUT2D eigenvalue weighted by atomic mass is 19.4. The minimum atomic E-state index is -4.25. The standard InChI is InChI=1S/C14H16F3N/c15-14(16,17)10-4-3-9-2-1-5-13(12(9)6-10)7-11(13)8-18/h3-4,6,11H,1-2,5,7-8,18H2. The molecule has 0 aliphatic heterocycles. The Balaban J connectivity index is 2.06. The maximum absolute atomic E-state index is 12.8. The monoisotopic (exact) mass is 255 g/mol. The van der Waals surface area contributed by atoms with Gasteiger partial charge in [-0.05, 0) is 66.8 Å². The highest BCUT2D eigenvalue weighted by Crippen LogP contribution is 2.60. The molecule has 2 aliphatic carbocycles. The van der Waals surface area contributed by atoms with Crippen molar-refractivity contribution in [2.45, 2.75) is 37.3 Å². The first-order valence-corrected chi connectivity index (χ1v) is 6.38. The molecule has 0 amide bonds. The highest BCUT2D eigenvalue weighted by Gasteiger charge is 2.55. The fourth-order valence-electron chi connectivity index (χ4n) is 3.49. The quantitative estimate of drug-likeness (QED) is 0.819. The summed E-state index contributed by atoms with van der Waals surface area (Å²) in [6, 6.07) is 4.23. The number of rotatable bonds is 1. The van der Waals surface area contributed by atoms with Gasteiger partial charge in [0.15, 0.2) is 0 Å². The molecule has 2 aliphatic rings. The molecule has 1 fully saturated rings. The van der Waals surface area contributed by atoms with Crippen LogP contribution >= 0.6 is 0 Å². The number of aryl methyl sites for hydroxylation is 1. The Bertz CT molecular complexity index is 480. The van der Waals surface area contributed by atoms with E-state index in [0.717, 1.165) is 36.8 Å². The average Bonchev–Trinajstić information content (AvgIpc) is 3.02. The third-order valence-corrected chi connectivity index (χ3v) is 4.56. The lowest BCUT2D eigenvalue weighted by molar-refractivity contribution is -0.137. The van der Waals surface area contributed by atoms with Crippen LogP contribution in [0.2, 0.25) is 0 Å². The van der Waals surface area contributed by atoms with Crippen LogP contribution in [0.3, 0.4) is 0 Å². The van der Waals surface area contributed by atoms with E-state index in [-0.39, 0.29) is 5.41 Å². The van der Waals surface area contributed by atoms with Crippen molar-refractivity contribution in [3.8, 4) is 0 Å². The predicted molar refractivity (Wildman–Crippen MR) is 63.2 cm³/mol. The smallest absolute Gasteiger partial charge is 0.330 e. The number of alkyl halides is 3. The maximum Gasteiger partial charge on any atom is 0.416 e. The molecule has 2 atom stereocenters. The summed E-state index contributed by atoms with van der Waals surface area (Å²) in [6.07, 6.45) is -0.344. The van der Waals surface area contributed by atoms with Gasteiger partial charge in [-0.25, -0.2) is 0 Å². The van der Waals surface area contributed by atoms with Crippen LogP contribution in [0, 0.1) is 5.92 Å². The van der Waals surface area contributed by atoms with Gasteiger partial charge < -0.3 is 5.73 Å². The number of halogens is 3. The first-order valence-electron chi connectivity index (χ1n) is 6.38. The summed E-state index contributed by atoms with van der Waals surface area (Å²) in [5.41, 5.74) is 7.14. The Morgan fingerprint density at radius 3 is 2.72 bits per heavy atom. The van der Waals surface area contributed by atoms with Crippen LogP contribution in [0.1, 0.15) is 36.0 Å². The van der Waals surface area contributed by atoms with E-state index in [0.29, 0.717) is 12.5 Å². The third-order valence-electron chi connectivity index (χ3n) is 4.56. The second kappa shape index (κ2) is 3.73. The summed E-state index contributed by atoms with van der Waals surface area (Å²) in [4.78, 5) is 0. The van der Waals surface area contributed by atoms with E-state index in [2.05, 4.69) is 0 Å². The van der Waals surface area contributed by atoms with Crippen molar-refractivity contribution in [3.63, 3.8) is 0 Å². The van der Waals surface area contributed by atoms with Gasteiger partial charge in [-0.15, -0.1) is 0 Å². The fourth-order valence-corrected chi connectivity index (χ4v) is 3.49. The molecule has 0 radical (unpaired) electrons. The zero-order valence-electron chi connectivity index (χ0n) is 10.1. The Morgan fingerprint density at radius 2 is 2.11 bits per heavy atom. The van der Waals surface area contributed by atoms with Gasteiger partial charge in [0.2, 0.25) is 0 Å². The molecular weight excluding hydrogens is 239 g/mol. The number of hydrogen-bond donors (Lipinski definition) is 1. The van der Waals surface area contributed by atoms with E-state index in [1.165, 1.54) is 12.1 Å². The molecule has 1 nitrogen and oxygen atoms in total. The second-order valence-corrected chi connectivity index (χ2v) is 5.52. The summed E-state index contributed by atoms with van der Waals surface area (Å²) in [5, 5.41) is 0. The molecule has 0 heterocycles. The summed E-state index contributed by atoms with van der Waals surface area (Å²) < 4.78 is 38.4. The van der Waals surface area contributed by atoms with E-state index >= 15 is 0 Å². The lowest BCUT2D eigenvalue weighted by atomic mass is 9.78. The van der Waals surface area contributed by atoms with Gasteiger partial charge in [0, 0.05) is 0 Å². The Kier molecular flexibility index (Phi) is 2.49. The van der Waals surface area contributed by atoms with Crippen molar-refractivity contribution in [1.82, 2.24) is 0 Å². The number of hydrogen-bond acceptors (Lipinski definition) is 1. The van der Waals surface area contributed by atoms with Gasteiger partial charge in [-0.3, -0.25) is 0 Å². The van der Waals surface area contributed by atoms with Crippen LogP contribution in [-0.4, -0.2) is 6.54 Å². The normalized spacial score (nSPS) is 30.3. The zero-order chi connectivity index (χ0) is 13.0. The molecule has 3 rings (SSSR count). The molecule has 0 bridgehead atoms. The molecule has 1 aromatic rings. The predicted octanol–water partition coefficient (Wildman–Crippen LogP) is 3.26. The van der Waals surface area contributed by atoms with Gasteiger partial charge in [0.1, 0.15) is 0 Å². The van der Waals surface area contributed by atoms with Crippen LogP contribution in [0.15, 0.2) is 18.2 Å². The molecule has 2 unspecified atom stereocenters. The van der Waals surface area contributed by atoms with Gasteiger partial charge in [0.25, 0.3) is 0 Å². The summed E-state index contributed by atoms with van der Waals surface area (Å²) >= 11 is 0. The van der Waals surface area contributed by atoms with Crippen molar-refractivity contribution in [2.75, 3.05) is 6.54 Å². The van der Waals surface area contributed by atoms with Crippen molar-refractivity contribution in [1.29, 1.82) is 0 Å².